The summed E-state index contributed by atoms with van der Waals surface area (Å²) in [6, 6.07) is 7.21. The molecule has 0 bridgehead atoms. The second kappa shape index (κ2) is 5.84. The van der Waals surface area contributed by atoms with Crippen molar-refractivity contribution in [3.63, 3.8) is 0 Å². The van der Waals surface area contributed by atoms with E-state index in [1.807, 2.05) is 0 Å². The predicted molar refractivity (Wildman–Crippen MR) is 83.9 cm³/mol. The van der Waals surface area contributed by atoms with Crippen molar-refractivity contribution in [3.8, 4) is 0 Å². The number of thiophene rings is 1. The molecule has 2 N–H and O–H groups in total. The number of aromatic carboxylic acids is 1. The van der Waals surface area contributed by atoms with Gasteiger partial charge in [-0.05, 0) is 62.2 Å². The Morgan fingerprint density at radius 1 is 1.20 bits per heavy atom. The molecule has 0 radical (unpaired) electrons. The van der Waals surface area contributed by atoms with Crippen LogP contribution in [0.3, 0.4) is 0 Å². The van der Waals surface area contributed by atoms with E-state index in [2.05, 4.69) is 36.6 Å². The van der Waals surface area contributed by atoms with Crippen LogP contribution in [0, 0.1) is 0 Å². The molecule has 0 unspecified atom stereocenters. The summed E-state index contributed by atoms with van der Waals surface area (Å²) >= 11 is 7.44. The molecule has 2 rings (SSSR count). The zero-order valence-electron chi connectivity index (χ0n) is 9.63. The van der Waals surface area contributed by atoms with Crippen LogP contribution in [0.15, 0.2) is 42.8 Å². The summed E-state index contributed by atoms with van der Waals surface area (Å²) in [4.78, 5) is 10.9. The van der Waals surface area contributed by atoms with Crippen LogP contribution < -0.4 is 4.72 Å². The first-order chi connectivity index (χ1) is 9.29. The summed E-state index contributed by atoms with van der Waals surface area (Å²) in [5, 5.41) is 8.92. The van der Waals surface area contributed by atoms with Gasteiger partial charge in [0.2, 0.25) is 0 Å². The topological polar surface area (TPSA) is 83.5 Å². The molecule has 0 aliphatic heterocycles. The highest BCUT2D eigenvalue weighted by Crippen LogP contribution is 2.30. The van der Waals surface area contributed by atoms with Gasteiger partial charge in [-0.15, -0.1) is 11.3 Å². The third-order valence-electron chi connectivity index (χ3n) is 2.27. The van der Waals surface area contributed by atoms with Crippen LogP contribution in [0.4, 0.5) is 5.69 Å². The van der Waals surface area contributed by atoms with Gasteiger partial charge in [-0.1, -0.05) is 0 Å². The largest absolute Gasteiger partial charge is 0.478 e. The van der Waals surface area contributed by atoms with Gasteiger partial charge in [0.15, 0.2) is 0 Å². The van der Waals surface area contributed by atoms with Crippen molar-refractivity contribution in [1.29, 1.82) is 0 Å². The van der Waals surface area contributed by atoms with Gasteiger partial charge < -0.3 is 5.11 Å². The second-order valence-corrected chi connectivity index (χ2v) is 8.89. The Balaban J connectivity index is 2.39. The lowest BCUT2D eigenvalue weighted by atomic mass is 10.2. The molecule has 9 heteroatoms. The number of hydrogen-bond acceptors (Lipinski definition) is 4. The number of carboxylic acids is 1. The molecular formula is C11H7Br2NO4S2. The SMILES string of the molecule is O=C(O)c1ccc(Br)c(NS(=O)(=O)c2ccc(Br)s2)c1. The average Bonchev–Trinajstić information content (AvgIpc) is 2.79. The number of nitrogens with one attached hydrogen (secondary N) is 1. The highest BCUT2D eigenvalue weighted by atomic mass is 79.9. The highest BCUT2D eigenvalue weighted by molar-refractivity contribution is 9.11. The number of sulfonamides is 1. The first kappa shape index (κ1) is 15.5. The van der Waals surface area contributed by atoms with Crippen LogP contribution in [0.2, 0.25) is 0 Å². The van der Waals surface area contributed by atoms with E-state index in [4.69, 9.17) is 5.11 Å². The summed E-state index contributed by atoms with van der Waals surface area (Å²) in [6.07, 6.45) is 0. The predicted octanol–water partition coefficient (Wildman–Crippen LogP) is 3.77. The molecule has 0 aliphatic rings. The lowest BCUT2D eigenvalue weighted by Crippen LogP contribution is -2.12. The van der Waals surface area contributed by atoms with Gasteiger partial charge in [-0.25, -0.2) is 13.2 Å². The fourth-order valence-electron chi connectivity index (χ4n) is 1.37. The molecule has 0 fully saturated rings. The van der Waals surface area contributed by atoms with Crippen LogP contribution in [0.1, 0.15) is 10.4 Å². The first-order valence-electron chi connectivity index (χ1n) is 5.10. The minimum Gasteiger partial charge on any atom is -0.478 e. The van der Waals surface area contributed by atoms with Crippen molar-refractivity contribution < 1.29 is 18.3 Å². The number of halogens is 2. The molecule has 0 saturated carbocycles. The lowest BCUT2D eigenvalue weighted by molar-refractivity contribution is 0.0697. The molecule has 1 aromatic heterocycles. The maximum absolute atomic E-state index is 12.2. The molecule has 5 nitrogen and oxygen atoms in total. The van der Waals surface area contributed by atoms with Crippen molar-refractivity contribution in [2.24, 2.45) is 0 Å². The summed E-state index contributed by atoms with van der Waals surface area (Å²) in [7, 11) is -3.74. The van der Waals surface area contributed by atoms with E-state index in [1.165, 1.54) is 24.3 Å². The molecule has 1 aromatic carbocycles. The fourth-order valence-corrected chi connectivity index (χ4v) is 4.93. The molecule has 0 aliphatic carbocycles. The van der Waals surface area contributed by atoms with Crippen LogP contribution >= 0.6 is 43.2 Å². The molecule has 0 amide bonds. The molecule has 0 spiro atoms. The minimum absolute atomic E-state index is 0.00161. The smallest absolute Gasteiger partial charge is 0.335 e. The Morgan fingerprint density at radius 2 is 1.90 bits per heavy atom. The van der Waals surface area contributed by atoms with Crippen molar-refractivity contribution in [1.82, 2.24) is 0 Å². The lowest BCUT2D eigenvalue weighted by Gasteiger charge is -2.09. The number of carboxylic acid groups (broad SMARTS) is 1. The Bertz CT molecular complexity index is 770. The number of benzene rings is 1. The molecule has 1 heterocycles. The van der Waals surface area contributed by atoms with E-state index in [1.54, 1.807) is 6.07 Å². The van der Waals surface area contributed by atoms with E-state index in [-0.39, 0.29) is 15.5 Å². The first-order valence-corrected chi connectivity index (χ1v) is 8.99. The van der Waals surface area contributed by atoms with E-state index in [0.717, 1.165) is 11.3 Å². The van der Waals surface area contributed by atoms with Crippen LogP contribution in [-0.2, 0) is 10.0 Å². The van der Waals surface area contributed by atoms with Crippen molar-refractivity contribution >= 4 is 64.9 Å². The van der Waals surface area contributed by atoms with Crippen LogP contribution in [0.25, 0.3) is 0 Å². The van der Waals surface area contributed by atoms with Gasteiger partial charge in [0.25, 0.3) is 10.0 Å². The Labute approximate surface area is 135 Å². The average molecular weight is 441 g/mol. The summed E-state index contributed by atoms with van der Waals surface area (Å²) in [6.45, 7) is 0. The Morgan fingerprint density at radius 3 is 2.45 bits per heavy atom. The van der Waals surface area contributed by atoms with Crippen molar-refractivity contribution in [3.05, 3.63) is 44.2 Å². The highest BCUT2D eigenvalue weighted by Gasteiger charge is 2.18. The van der Waals surface area contributed by atoms with E-state index < -0.39 is 16.0 Å². The quantitative estimate of drug-likeness (QED) is 0.757. The molecule has 0 saturated heterocycles. The normalized spacial score (nSPS) is 11.3. The second-order valence-electron chi connectivity index (χ2n) is 3.66. The molecular weight excluding hydrogens is 434 g/mol. The Hall–Kier alpha value is -0.900. The molecule has 0 atom stereocenters. The number of anilines is 1. The summed E-state index contributed by atoms with van der Waals surface area (Å²) in [5.41, 5.74) is 0.174. The Kier molecular flexibility index (Phi) is 4.52. The zero-order chi connectivity index (χ0) is 14.9. The van der Waals surface area contributed by atoms with Gasteiger partial charge in [-0.2, -0.15) is 0 Å². The summed E-state index contributed by atoms with van der Waals surface area (Å²) in [5.74, 6) is -1.13. The van der Waals surface area contributed by atoms with Gasteiger partial charge in [-0.3, -0.25) is 4.72 Å². The van der Waals surface area contributed by atoms with Crippen LogP contribution in [0.5, 0.6) is 0 Å². The summed E-state index contributed by atoms with van der Waals surface area (Å²) < 4.78 is 28.0. The monoisotopic (exact) mass is 439 g/mol. The van der Waals surface area contributed by atoms with Gasteiger partial charge in [0.1, 0.15) is 4.21 Å². The van der Waals surface area contributed by atoms with Crippen LogP contribution in [-0.4, -0.2) is 19.5 Å². The molecule has 2 aromatic rings. The fraction of sp³-hybridized carbons (Fsp3) is 0. The zero-order valence-corrected chi connectivity index (χ0v) is 14.4. The third kappa shape index (κ3) is 3.40. The van der Waals surface area contributed by atoms with Crippen molar-refractivity contribution in [2.45, 2.75) is 4.21 Å². The minimum atomic E-state index is -3.74. The van der Waals surface area contributed by atoms with Gasteiger partial charge in [0.05, 0.1) is 15.0 Å². The van der Waals surface area contributed by atoms with Crippen molar-refractivity contribution in [2.75, 3.05) is 4.72 Å². The number of hydrogen-bond donors (Lipinski definition) is 2. The third-order valence-corrected chi connectivity index (χ3v) is 6.44. The van der Waals surface area contributed by atoms with E-state index in [9.17, 15) is 13.2 Å². The van der Waals surface area contributed by atoms with Gasteiger partial charge in [0, 0.05) is 4.47 Å². The standard InChI is InChI=1S/C11H7Br2NO4S2/c12-7-2-1-6(11(15)16)5-8(7)14-20(17,18)10-4-3-9(13)19-10/h1-5,14H,(H,15,16). The molecule has 106 valence electrons. The maximum atomic E-state index is 12.2. The number of carbonyl (C=O) groups is 1. The molecule has 20 heavy (non-hydrogen) atoms. The van der Waals surface area contributed by atoms with E-state index in [0.29, 0.717) is 8.26 Å². The maximum Gasteiger partial charge on any atom is 0.335 e. The number of rotatable bonds is 4. The van der Waals surface area contributed by atoms with E-state index >= 15 is 0 Å². The van der Waals surface area contributed by atoms with Gasteiger partial charge >= 0.3 is 5.97 Å².